The number of benzene rings is 1. The van der Waals surface area contributed by atoms with Crippen LogP contribution in [0.2, 0.25) is 0 Å². The molecular weight excluding hydrogens is 252 g/mol. The van der Waals surface area contributed by atoms with Crippen LogP contribution in [0.3, 0.4) is 0 Å². The highest BCUT2D eigenvalue weighted by Gasteiger charge is 2.21. The van der Waals surface area contributed by atoms with Crippen LogP contribution in [0.1, 0.15) is 61.3 Å². The number of aromatic carboxylic acids is 1. The lowest BCUT2D eigenvalue weighted by molar-refractivity contribution is 0.0697. The molecule has 0 atom stereocenters. The molecule has 1 aromatic heterocycles. The quantitative estimate of drug-likeness (QED) is 0.924. The summed E-state index contributed by atoms with van der Waals surface area (Å²) in [7, 11) is 0. The van der Waals surface area contributed by atoms with Crippen molar-refractivity contribution in [2.45, 2.75) is 51.5 Å². The normalized spacial score (nSPS) is 16.6. The van der Waals surface area contributed by atoms with Crippen molar-refractivity contribution < 1.29 is 9.90 Å². The molecule has 1 aliphatic carbocycles. The second-order valence-electron chi connectivity index (χ2n) is 5.55. The summed E-state index contributed by atoms with van der Waals surface area (Å²) in [5, 5.41) is 9.18. The molecule has 0 saturated heterocycles. The number of carboxylic acids is 1. The fraction of sp³-hybridized carbons (Fsp3) is 0.500. The predicted octanol–water partition coefficient (Wildman–Crippen LogP) is 3.80. The third-order valence-corrected chi connectivity index (χ3v) is 4.27. The molecule has 3 rings (SSSR count). The summed E-state index contributed by atoms with van der Waals surface area (Å²) in [5.41, 5.74) is 2.24. The highest BCUT2D eigenvalue weighted by atomic mass is 16.4. The number of fused-ring (bicyclic) bond motifs is 1. The van der Waals surface area contributed by atoms with Gasteiger partial charge in [0.25, 0.3) is 0 Å². The van der Waals surface area contributed by atoms with E-state index in [0.717, 1.165) is 23.3 Å². The van der Waals surface area contributed by atoms with E-state index in [4.69, 9.17) is 0 Å². The number of aromatic nitrogens is 2. The summed E-state index contributed by atoms with van der Waals surface area (Å²) in [4.78, 5) is 15.9. The Balaban J connectivity index is 2.15. The number of carbonyl (C=O) groups is 1. The fourth-order valence-corrected chi connectivity index (χ4v) is 3.27. The van der Waals surface area contributed by atoms with Gasteiger partial charge in [0.05, 0.1) is 16.6 Å². The van der Waals surface area contributed by atoms with E-state index in [-0.39, 0.29) is 0 Å². The highest BCUT2D eigenvalue weighted by molar-refractivity contribution is 5.92. The van der Waals surface area contributed by atoms with Crippen LogP contribution in [0.15, 0.2) is 18.2 Å². The Kier molecular flexibility index (Phi) is 3.47. The first-order chi connectivity index (χ1) is 9.70. The first-order valence-electron chi connectivity index (χ1n) is 7.45. The van der Waals surface area contributed by atoms with Crippen LogP contribution in [0.5, 0.6) is 0 Å². The smallest absolute Gasteiger partial charge is 0.335 e. The van der Waals surface area contributed by atoms with Gasteiger partial charge in [0.2, 0.25) is 0 Å². The molecule has 2 aromatic rings. The zero-order valence-electron chi connectivity index (χ0n) is 11.8. The monoisotopic (exact) mass is 272 g/mol. The number of nitrogens with zero attached hydrogens (tertiary/aromatic N) is 2. The van der Waals surface area contributed by atoms with Crippen molar-refractivity contribution in [1.82, 2.24) is 9.55 Å². The van der Waals surface area contributed by atoms with Crippen LogP contribution in [0, 0.1) is 0 Å². The van der Waals surface area contributed by atoms with Gasteiger partial charge < -0.3 is 9.67 Å². The third kappa shape index (κ3) is 2.19. The molecular formula is C16H20N2O2. The third-order valence-electron chi connectivity index (χ3n) is 4.27. The van der Waals surface area contributed by atoms with Gasteiger partial charge in [0.15, 0.2) is 0 Å². The summed E-state index contributed by atoms with van der Waals surface area (Å²) in [5.74, 6) is 0.204. The largest absolute Gasteiger partial charge is 0.478 e. The Morgan fingerprint density at radius 1 is 1.35 bits per heavy atom. The van der Waals surface area contributed by atoms with E-state index < -0.39 is 5.97 Å². The molecule has 0 aliphatic heterocycles. The zero-order chi connectivity index (χ0) is 14.1. The van der Waals surface area contributed by atoms with E-state index >= 15 is 0 Å². The minimum Gasteiger partial charge on any atom is -0.478 e. The Labute approximate surface area is 118 Å². The van der Waals surface area contributed by atoms with Crippen LogP contribution in [0.25, 0.3) is 11.0 Å². The van der Waals surface area contributed by atoms with Gasteiger partial charge in [-0.1, -0.05) is 26.2 Å². The lowest BCUT2D eigenvalue weighted by atomic mass is 9.95. The van der Waals surface area contributed by atoms with Crippen LogP contribution in [-0.4, -0.2) is 20.6 Å². The molecule has 0 amide bonds. The summed E-state index contributed by atoms with van der Waals surface area (Å²) in [6.07, 6.45) is 7.06. The van der Waals surface area contributed by atoms with Crippen LogP contribution in [-0.2, 0) is 6.42 Å². The minimum absolute atomic E-state index is 0.345. The maximum atomic E-state index is 11.2. The van der Waals surface area contributed by atoms with Gasteiger partial charge in [-0.3, -0.25) is 0 Å². The van der Waals surface area contributed by atoms with E-state index in [1.165, 1.54) is 32.1 Å². The Bertz CT molecular complexity index is 639. The Hall–Kier alpha value is -1.84. The average Bonchev–Trinajstić information content (AvgIpc) is 2.85. The molecule has 0 bridgehead atoms. The van der Waals surface area contributed by atoms with Crippen molar-refractivity contribution in [3.63, 3.8) is 0 Å². The van der Waals surface area contributed by atoms with Crippen molar-refractivity contribution in [1.29, 1.82) is 0 Å². The van der Waals surface area contributed by atoms with Crippen molar-refractivity contribution >= 4 is 17.0 Å². The Morgan fingerprint density at radius 2 is 2.10 bits per heavy atom. The van der Waals surface area contributed by atoms with Crippen molar-refractivity contribution in [2.24, 2.45) is 0 Å². The maximum Gasteiger partial charge on any atom is 0.335 e. The Morgan fingerprint density at radius 3 is 2.75 bits per heavy atom. The van der Waals surface area contributed by atoms with Crippen molar-refractivity contribution in [2.75, 3.05) is 0 Å². The number of imidazole rings is 1. The second-order valence-corrected chi connectivity index (χ2v) is 5.55. The van der Waals surface area contributed by atoms with Gasteiger partial charge >= 0.3 is 5.97 Å². The number of carboxylic acid groups (broad SMARTS) is 1. The van der Waals surface area contributed by atoms with E-state index in [9.17, 15) is 9.90 Å². The summed E-state index contributed by atoms with van der Waals surface area (Å²) in [6.45, 7) is 2.11. The maximum absolute atomic E-state index is 11.2. The molecule has 106 valence electrons. The first-order valence-corrected chi connectivity index (χ1v) is 7.45. The molecule has 4 heteroatoms. The zero-order valence-corrected chi connectivity index (χ0v) is 11.8. The van der Waals surface area contributed by atoms with E-state index in [0.29, 0.717) is 11.6 Å². The molecule has 1 aromatic carbocycles. The molecule has 1 heterocycles. The molecule has 1 saturated carbocycles. The summed E-state index contributed by atoms with van der Waals surface area (Å²) in [6, 6.07) is 5.73. The van der Waals surface area contributed by atoms with Crippen molar-refractivity contribution in [3.8, 4) is 0 Å². The number of hydrogen-bond acceptors (Lipinski definition) is 2. The van der Waals surface area contributed by atoms with E-state index in [2.05, 4.69) is 16.5 Å². The molecule has 1 fully saturated rings. The predicted molar refractivity (Wildman–Crippen MR) is 78.2 cm³/mol. The SMILES string of the molecule is CCc1nc2ccc(C(=O)O)cc2n1C1CCCCC1. The van der Waals surface area contributed by atoms with Crippen LogP contribution in [0.4, 0.5) is 0 Å². The van der Waals surface area contributed by atoms with Gasteiger partial charge in [0, 0.05) is 12.5 Å². The topological polar surface area (TPSA) is 55.1 Å². The first kappa shape index (κ1) is 13.2. The minimum atomic E-state index is -0.874. The molecule has 1 aliphatic rings. The standard InChI is InChI=1S/C16H20N2O2/c1-2-15-17-13-9-8-11(16(19)20)10-14(13)18(15)12-6-4-3-5-7-12/h8-10,12H,2-7H2,1H3,(H,19,20). The van der Waals surface area contributed by atoms with Gasteiger partial charge in [-0.15, -0.1) is 0 Å². The fourth-order valence-electron chi connectivity index (χ4n) is 3.27. The number of hydrogen-bond donors (Lipinski definition) is 1. The molecule has 0 radical (unpaired) electrons. The highest BCUT2D eigenvalue weighted by Crippen LogP contribution is 2.33. The molecule has 0 spiro atoms. The molecule has 1 N–H and O–H groups in total. The summed E-state index contributed by atoms with van der Waals surface area (Å²) >= 11 is 0. The lowest BCUT2D eigenvalue weighted by Gasteiger charge is -2.25. The van der Waals surface area contributed by atoms with Crippen molar-refractivity contribution in [3.05, 3.63) is 29.6 Å². The van der Waals surface area contributed by atoms with E-state index in [1.54, 1.807) is 12.1 Å². The molecule has 4 nitrogen and oxygen atoms in total. The van der Waals surface area contributed by atoms with Gasteiger partial charge in [-0.2, -0.15) is 0 Å². The number of rotatable bonds is 3. The van der Waals surface area contributed by atoms with Crippen LogP contribution < -0.4 is 0 Å². The number of aryl methyl sites for hydroxylation is 1. The molecule has 20 heavy (non-hydrogen) atoms. The van der Waals surface area contributed by atoms with Gasteiger partial charge in [-0.05, 0) is 31.0 Å². The van der Waals surface area contributed by atoms with E-state index in [1.807, 2.05) is 6.07 Å². The van der Waals surface area contributed by atoms with Gasteiger partial charge in [0.1, 0.15) is 5.82 Å². The summed E-state index contributed by atoms with van der Waals surface area (Å²) < 4.78 is 2.29. The van der Waals surface area contributed by atoms with Crippen LogP contribution >= 0.6 is 0 Å². The molecule has 0 unspecified atom stereocenters. The van der Waals surface area contributed by atoms with Gasteiger partial charge in [-0.25, -0.2) is 9.78 Å². The second kappa shape index (κ2) is 5.27. The average molecular weight is 272 g/mol. The lowest BCUT2D eigenvalue weighted by Crippen LogP contribution is -2.15.